The summed E-state index contributed by atoms with van der Waals surface area (Å²) >= 11 is 0. The molecule has 0 fully saturated rings. The second-order valence-electron chi connectivity index (χ2n) is 6.16. The van der Waals surface area contributed by atoms with E-state index < -0.39 is 0 Å². The summed E-state index contributed by atoms with van der Waals surface area (Å²) in [7, 11) is 0. The van der Waals surface area contributed by atoms with Crippen LogP contribution in [0.15, 0.2) is 67.0 Å². The molecule has 1 aliphatic rings. The fraction of sp³-hybridized carbons (Fsp3) is 0.190. The van der Waals surface area contributed by atoms with Crippen LogP contribution in [0.1, 0.15) is 34.3 Å². The van der Waals surface area contributed by atoms with Crippen molar-refractivity contribution in [3.8, 4) is 11.4 Å². The summed E-state index contributed by atoms with van der Waals surface area (Å²) in [6.07, 6.45) is 8.61. The highest BCUT2D eigenvalue weighted by Gasteiger charge is 2.13. The highest BCUT2D eigenvalue weighted by Crippen LogP contribution is 2.26. The third-order valence-corrected chi connectivity index (χ3v) is 4.54. The van der Waals surface area contributed by atoms with E-state index in [4.69, 9.17) is 4.74 Å². The normalized spacial score (nSPS) is 13.3. The number of esters is 1. The van der Waals surface area contributed by atoms with Gasteiger partial charge in [-0.3, -0.25) is 0 Å². The lowest BCUT2D eigenvalue weighted by Gasteiger charge is -2.16. The van der Waals surface area contributed by atoms with Gasteiger partial charge in [0.25, 0.3) is 0 Å². The zero-order valence-electron chi connectivity index (χ0n) is 13.4. The van der Waals surface area contributed by atoms with Gasteiger partial charge in [0.15, 0.2) is 0 Å². The minimum Gasteiger partial charge on any atom is -0.423 e. The van der Waals surface area contributed by atoms with Gasteiger partial charge in [0.05, 0.1) is 5.56 Å². The van der Waals surface area contributed by atoms with Crippen LogP contribution in [-0.4, -0.2) is 10.5 Å². The molecule has 3 aromatic rings. The fourth-order valence-electron chi connectivity index (χ4n) is 3.22. The molecule has 120 valence electrons. The number of hydrogen-bond acceptors (Lipinski definition) is 2. The molecule has 0 unspecified atom stereocenters. The Labute approximate surface area is 141 Å². The van der Waals surface area contributed by atoms with Crippen LogP contribution in [-0.2, 0) is 12.8 Å². The largest absolute Gasteiger partial charge is 0.423 e. The topological polar surface area (TPSA) is 31.2 Å². The van der Waals surface area contributed by atoms with Gasteiger partial charge < -0.3 is 9.30 Å². The average Bonchev–Trinajstić information content (AvgIpc) is 3.16. The van der Waals surface area contributed by atoms with Gasteiger partial charge in [-0.15, -0.1) is 0 Å². The minimum absolute atomic E-state index is 0.315. The zero-order valence-corrected chi connectivity index (χ0v) is 13.4. The average molecular weight is 317 g/mol. The van der Waals surface area contributed by atoms with E-state index in [0.717, 1.165) is 18.5 Å². The van der Waals surface area contributed by atoms with E-state index in [1.165, 1.54) is 24.0 Å². The highest BCUT2D eigenvalue weighted by molar-refractivity contribution is 5.91. The van der Waals surface area contributed by atoms with E-state index in [1.807, 2.05) is 53.4 Å². The fourth-order valence-corrected chi connectivity index (χ4v) is 3.22. The molecule has 1 aliphatic carbocycles. The first kappa shape index (κ1) is 14.8. The number of aromatic nitrogens is 1. The molecule has 1 aromatic heterocycles. The van der Waals surface area contributed by atoms with Crippen LogP contribution in [0.5, 0.6) is 5.75 Å². The second kappa shape index (κ2) is 6.36. The summed E-state index contributed by atoms with van der Waals surface area (Å²) in [5, 5.41) is 0. The van der Waals surface area contributed by atoms with Crippen LogP contribution < -0.4 is 4.74 Å². The van der Waals surface area contributed by atoms with Gasteiger partial charge in [-0.05, 0) is 85.3 Å². The van der Waals surface area contributed by atoms with Crippen molar-refractivity contribution in [2.75, 3.05) is 0 Å². The maximum atomic E-state index is 12.4. The Bertz CT molecular complexity index is 848. The summed E-state index contributed by atoms with van der Waals surface area (Å²) in [5.41, 5.74) is 4.28. The maximum Gasteiger partial charge on any atom is 0.343 e. The van der Waals surface area contributed by atoms with E-state index in [9.17, 15) is 4.79 Å². The number of benzene rings is 2. The maximum absolute atomic E-state index is 12.4. The molecule has 0 atom stereocenters. The van der Waals surface area contributed by atoms with Gasteiger partial charge in [-0.25, -0.2) is 4.79 Å². The van der Waals surface area contributed by atoms with Gasteiger partial charge in [-0.2, -0.15) is 0 Å². The summed E-state index contributed by atoms with van der Waals surface area (Å²) in [6.45, 7) is 0. The molecule has 0 spiro atoms. The first-order valence-corrected chi connectivity index (χ1v) is 8.37. The standard InChI is InChI=1S/C21H19NO2/c23-21(17-7-10-19(11-8-17)22-13-3-4-14-22)24-20-12-9-16-5-1-2-6-18(16)15-20/h3-4,7-15H,1-2,5-6H2. The molecule has 3 heteroatoms. The molecule has 24 heavy (non-hydrogen) atoms. The van der Waals surface area contributed by atoms with Gasteiger partial charge >= 0.3 is 5.97 Å². The molecule has 3 nitrogen and oxygen atoms in total. The molecular weight excluding hydrogens is 298 g/mol. The number of nitrogens with zero attached hydrogens (tertiary/aromatic N) is 1. The molecule has 1 heterocycles. The molecule has 0 radical (unpaired) electrons. The Hall–Kier alpha value is -2.81. The summed E-state index contributed by atoms with van der Waals surface area (Å²) < 4.78 is 7.55. The van der Waals surface area contributed by atoms with E-state index in [1.54, 1.807) is 12.1 Å². The third kappa shape index (κ3) is 2.98. The number of fused-ring (bicyclic) bond motifs is 1. The van der Waals surface area contributed by atoms with Crippen LogP contribution in [0.4, 0.5) is 0 Å². The predicted octanol–water partition coefficient (Wildman–Crippen LogP) is 4.58. The number of ether oxygens (including phenoxy) is 1. The van der Waals surface area contributed by atoms with Crippen molar-refractivity contribution in [2.45, 2.75) is 25.7 Å². The molecule has 0 N–H and O–H groups in total. The highest BCUT2D eigenvalue weighted by atomic mass is 16.5. The van der Waals surface area contributed by atoms with Gasteiger partial charge in [0.2, 0.25) is 0 Å². The summed E-state index contributed by atoms with van der Waals surface area (Å²) in [6, 6.07) is 17.4. The minimum atomic E-state index is -0.315. The van der Waals surface area contributed by atoms with E-state index in [0.29, 0.717) is 11.3 Å². The molecule has 0 bridgehead atoms. The smallest absolute Gasteiger partial charge is 0.343 e. The third-order valence-electron chi connectivity index (χ3n) is 4.54. The molecule has 4 rings (SSSR count). The van der Waals surface area contributed by atoms with Crippen molar-refractivity contribution in [2.24, 2.45) is 0 Å². The molecule has 0 aliphatic heterocycles. The molecule has 0 saturated heterocycles. The second-order valence-corrected chi connectivity index (χ2v) is 6.16. The number of aryl methyl sites for hydroxylation is 2. The van der Waals surface area contributed by atoms with E-state index in [2.05, 4.69) is 6.07 Å². The molecule has 0 saturated carbocycles. The van der Waals surface area contributed by atoms with Crippen molar-refractivity contribution in [3.63, 3.8) is 0 Å². The summed E-state index contributed by atoms with van der Waals surface area (Å²) in [4.78, 5) is 12.4. The van der Waals surface area contributed by atoms with Crippen molar-refractivity contribution in [3.05, 3.63) is 83.7 Å². The van der Waals surface area contributed by atoms with Gasteiger partial charge in [0, 0.05) is 18.1 Å². The Morgan fingerprint density at radius 3 is 2.33 bits per heavy atom. The monoisotopic (exact) mass is 317 g/mol. The SMILES string of the molecule is O=C(Oc1ccc2c(c1)CCCC2)c1ccc(-n2cccc2)cc1. The van der Waals surface area contributed by atoms with Gasteiger partial charge in [-0.1, -0.05) is 6.07 Å². The Kier molecular flexibility index (Phi) is 3.91. The van der Waals surface area contributed by atoms with Crippen LogP contribution >= 0.6 is 0 Å². The number of rotatable bonds is 3. The number of carbonyl (C=O) groups is 1. The molecular formula is C21H19NO2. The predicted molar refractivity (Wildman–Crippen MR) is 93.8 cm³/mol. The van der Waals surface area contributed by atoms with Crippen LogP contribution in [0.3, 0.4) is 0 Å². The lowest BCUT2D eigenvalue weighted by Crippen LogP contribution is -2.10. The Morgan fingerprint density at radius 2 is 1.58 bits per heavy atom. The van der Waals surface area contributed by atoms with Gasteiger partial charge in [0.1, 0.15) is 5.75 Å². The van der Waals surface area contributed by atoms with Crippen LogP contribution in [0, 0.1) is 0 Å². The van der Waals surface area contributed by atoms with E-state index >= 15 is 0 Å². The van der Waals surface area contributed by atoms with Crippen molar-refractivity contribution < 1.29 is 9.53 Å². The lowest BCUT2D eigenvalue weighted by molar-refractivity contribution is 0.0734. The first-order chi connectivity index (χ1) is 11.8. The summed E-state index contributed by atoms with van der Waals surface area (Å²) in [5.74, 6) is 0.319. The number of carbonyl (C=O) groups excluding carboxylic acids is 1. The van der Waals surface area contributed by atoms with E-state index in [-0.39, 0.29) is 5.97 Å². The molecule has 2 aromatic carbocycles. The zero-order chi connectivity index (χ0) is 16.4. The number of hydrogen-bond donors (Lipinski definition) is 0. The van der Waals surface area contributed by atoms with Crippen molar-refractivity contribution >= 4 is 5.97 Å². The Morgan fingerprint density at radius 1 is 0.875 bits per heavy atom. The lowest BCUT2D eigenvalue weighted by atomic mass is 9.92. The quantitative estimate of drug-likeness (QED) is 0.523. The van der Waals surface area contributed by atoms with Crippen molar-refractivity contribution in [1.82, 2.24) is 4.57 Å². The Balaban J connectivity index is 1.50. The van der Waals surface area contributed by atoms with Crippen LogP contribution in [0.25, 0.3) is 5.69 Å². The first-order valence-electron chi connectivity index (χ1n) is 8.37. The molecule has 0 amide bonds. The van der Waals surface area contributed by atoms with Crippen LogP contribution in [0.2, 0.25) is 0 Å². The van der Waals surface area contributed by atoms with Crippen molar-refractivity contribution in [1.29, 1.82) is 0 Å².